The summed E-state index contributed by atoms with van der Waals surface area (Å²) < 4.78 is 15.5. The van der Waals surface area contributed by atoms with E-state index in [0.29, 0.717) is 6.42 Å². The predicted molar refractivity (Wildman–Crippen MR) is 50.0 cm³/mol. The second-order valence-corrected chi connectivity index (χ2v) is 3.65. The first-order valence-corrected chi connectivity index (χ1v) is 5.27. The number of allylic oxidation sites excluding steroid dienone is 1. The van der Waals surface area contributed by atoms with E-state index in [9.17, 15) is 4.57 Å². The van der Waals surface area contributed by atoms with E-state index < -0.39 is 13.9 Å². The first-order chi connectivity index (χ1) is 6.14. The molecule has 0 aromatic rings. The largest absolute Gasteiger partial charge is 0.696 e. The normalized spacial score (nSPS) is 25.6. The molecule has 1 N–H and O–H groups in total. The fraction of sp³-hybridized carbons (Fsp3) is 0.556. The van der Waals surface area contributed by atoms with Gasteiger partial charge in [0.05, 0.1) is 0 Å². The van der Waals surface area contributed by atoms with E-state index in [1.807, 2.05) is 19.1 Å². The van der Waals surface area contributed by atoms with E-state index in [2.05, 4.69) is 5.92 Å². The Bertz CT molecular complexity index is 279. The van der Waals surface area contributed by atoms with Gasteiger partial charge in [0.1, 0.15) is 0 Å². The van der Waals surface area contributed by atoms with E-state index >= 15 is 0 Å². The molecule has 0 saturated heterocycles. The fourth-order valence-electron chi connectivity index (χ4n) is 1.39. The van der Waals surface area contributed by atoms with E-state index in [1.165, 1.54) is 0 Å². The average molecular weight is 199 g/mol. The second kappa shape index (κ2) is 4.02. The summed E-state index contributed by atoms with van der Waals surface area (Å²) in [5.41, 5.74) is -0.892. The standard InChI is InChI=1S/C9H11O3P/c1-3-9(4-2,12-13(10)11)8-6-5-7-8/h1,5-6,8H,4,7H2,2H3/p+1. The molecule has 0 amide bonds. The third-order valence-electron chi connectivity index (χ3n) is 2.37. The van der Waals surface area contributed by atoms with E-state index in [-0.39, 0.29) is 5.92 Å². The molecule has 0 aromatic carbocycles. The molecule has 1 aliphatic carbocycles. The Labute approximate surface area is 78.7 Å². The highest BCUT2D eigenvalue weighted by atomic mass is 31.1. The molecule has 3 nitrogen and oxygen atoms in total. The van der Waals surface area contributed by atoms with Crippen LogP contribution in [0.1, 0.15) is 19.8 Å². The highest BCUT2D eigenvalue weighted by molar-refractivity contribution is 7.32. The molecule has 4 heteroatoms. The van der Waals surface area contributed by atoms with Gasteiger partial charge in [-0.3, -0.25) is 0 Å². The summed E-state index contributed by atoms with van der Waals surface area (Å²) in [5.74, 6) is 2.56. The lowest BCUT2D eigenvalue weighted by atomic mass is 9.78. The Hall–Kier alpha value is -0.680. The van der Waals surface area contributed by atoms with Crippen LogP contribution in [-0.2, 0) is 9.09 Å². The van der Waals surface area contributed by atoms with Gasteiger partial charge in [0, 0.05) is 10.5 Å². The van der Waals surface area contributed by atoms with Gasteiger partial charge >= 0.3 is 8.25 Å². The number of hydrogen-bond donors (Lipinski definition) is 1. The van der Waals surface area contributed by atoms with Crippen molar-refractivity contribution in [3.05, 3.63) is 12.2 Å². The lowest BCUT2D eigenvalue weighted by molar-refractivity contribution is 0.0712. The molecule has 13 heavy (non-hydrogen) atoms. The molecular formula is C9H12O3P+. The van der Waals surface area contributed by atoms with Gasteiger partial charge in [-0.15, -0.1) is 11.3 Å². The second-order valence-electron chi connectivity index (χ2n) is 2.99. The maximum Gasteiger partial charge on any atom is 0.696 e. The van der Waals surface area contributed by atoms with Crippen molar-refractivity contribution in [2.75, 3.05) is 0 Å². The summed E-state index contributed by atoms with van der Waals surface area (Å²) in [5, 5.41) is 0. The van der Waals surface area contributed by atoms with E-state index in [4.69, 9.17) is 15.8 Å². The van der Waals surface area contributed by atoms with Crippen molar-refractivity contribution in [1.82, 2.24) is 0 Å². The van der Waals surface area contributed by atoms with Crippen LogP contribution in [-0.4, -0.2) is 10.5 Å². The highest BCUT2D eigenvalue weighted by Crippen LogP contribution is 2.40. The van der Waals surface area contributed by atoms with Gasteiger partial charge in [-0.05, 0) is 12.8 Å². The smallest absolute Gasteiger partial charge is 0.133 e. The van der Waals surface area contributed by atoms with Crippen LogP contribution in [0.25, 0.3) is 0 Å². The zero-order chi connectivity index (χ0) is 9.90. The van der Waals surface area contributed by atoms with Crippen molar-refractivity contribution in [2.24, 2.45) is 5.92 Å². The zero-order valence-corrected chi connectivity index (χ0v) is 8.33. The number of rotatable bonds is 4. The first kappa shape index (κ1) is 10.4. The summed E-state index contributed by atoms with van der Waals surface area (Å²) in [6, 6.07) is 0. The molecule has 0 aliphatic heterocycles. The molecule has 1 aliphatic rings. The van der Waals surface area contributed by atoms with Crippen LogP contribution in [0.2, 0.25) is 0 Å². The van der Waals surface area contributed by atoms with Crippen molar-refractivity contribution in [3.8, 4) is 12.3 Å². The summed E-state index contributed by atoms with van der Waals surface area (Å²) in [6.45, 7) is 1.85. The van der Waals surface area contributed by atoms with Crippen LogP contribution in [0.5, 0.6) is 0 Å². The Kier molecular flexibility index (Phi) is 3.22. The summed E-state index contributed by atoms with van der Waals surface area (Å²) >= 11 is 0. The van der Waals surface area contributed by atoms with Gasteiger partial charge in [-0.2, -0.15) is 0 Å². The maximum absolute atomic E-state index is 10.6. The predicted octanol–water partition coefficient (Wildman–Crippen LogP) is 2.01. The van der Waals surface area contributed by atoms with Crippen LogP contribution in [0.15, 0.2) is 12.2 Å². The van der Waals surface area contributed by atoms with Crippen molar-refractivity contribution >= 4 is 8.25 Å². The molecule has 1 rings (SSSR count). The summed E-state index contributed by atoms with van der Waals surface area (Å²) in [6.07, 6.45) is 10.6. The SMILES string of the molecule is C#CC(CC)(O[P+](=O)O)C1C=CC1. The Balaban J connectivity index is 2.79. The van der Waals surface area contributed by atoms with Gasteiger partial charge in [0.2, 0.25) is 0 Å². The highest BCUT2D eigenvalue weighted by Gasteiger charge is 2.44. The van der Waals surface area contributed by atoms with Gasteiger partial charge in [0.15, 0.2) is 5.60 Å². The van der Waals surface area contributed by atoms with Crippen molar-refractivity contribution in [2.45, 2.75) is 25.4 Å². The minimum absolute atomic E-state index is 0.0774. The molecule has 0 aromatic heterocycles. The van der Waals surface area contributed by atoms with Gasteiger partial charge in [0.25, 0.3) is 0 Å². The van der Waals surface area contributed by atoms with Crippen LogP contribution in [0.3, 0.4) is 0 Å². The topological polar surface area (TPSA) is 46.5 Å². The fourth-order valence-corrected chi connectivity index (χ4v) is 1.98. The molecule has 3 atom stereocenters. The van der Waals surface area contributed by atoms with Crippen LogP contribution in [0.4, 0.5) is 0 Å². The number of hydrogen-bond acceptors (Lipinski definition) is 2. The van der Waals surface area contributed by atoms with Crippen LogP contribution >= 0.6 is 8.25 Å². The maximum atomic E-state index is 10.6. The molecule has 0 radical (unpaired) electrons. The summed E-state index contributed by atoms with van der Waals surface area (Å²) in [7, 11) is -2.63. The molecule has 0 saturated carbocycles. The van der Waals surface area contributed by atoms with Crippen LogP contribution in [0, 0.1) is 18.3 Å². The first-order valence-electron chi connectivity index (χ1n) is 4.14. The molecule has 0 heterocycles. The third-order valence-corrected chi connectivity index (χ3v) is 2.85. The van der Waals surface area contributed by atoms with Gasteiger partial charge in [-0.1, -0.05) is 29.5 Å². The van der Waals surface area contributed by atoms with E-state index in [1.54, 1.807) is 0 Å². The molecular weight excluding hydrogens is 187 g/mol. The van der Waals surface area contributed by atoms with Gasteiger partial charge in [-0.25, -0.2) is 0 Å². The third kappa shape index (κ3) is 1.97. The van der Waals surface area contributed by atoms with Crippen LogP contribution < -0.4 is 0 Å². The minimum Gasteiger partial charge on any atom is -0.133 e. The molecule has 0 spiro atoms. The zero-order valence-electron chi connectivity index (χ0n) is 7.43. The molecule has 0 bridgehead atoms. The summed E-state index contributed by atoms with van der Waals surface area (Å²) in [4.78, 5) is 8.69. The number of terminal acetylenes is 1. The van der Waals surface area contributed by atoms with Crippen molar-refractivity contribution in [1.29, 1.82) is 0 Å². The lowest BCUT2D eigenvalue weighted by Gasteiger charge is -2.31. The Morgan fingerprint density at radius 3 is 2.77 bits per heavy atom. The lowest BCUT2D eigenvalue weighted by Crippen LogP contribution is -2.38. The quantitative estimate of drug-likeness (QED) is 0.428. The van der Waals surface area contributed by atoms with Crippen molar-refractivity contribution in [3.63, 3.8) is 0 Å². The molecule has 70 valence electrons. The minimum atomic E-state index is -2.63. The monoisotopic (exact) mass is 199 g/mol. The van der Waals surface area contributed by atoms with Crippen molar-refractivity contribution < 1.29 is 14.0 Å². The van der Waals surface area contributed by atoms with E-state index in [0.717, 1.165) is 6.42 Å². The molecule has 0 fully saturated rings. The average Bonchev–Trinajstić information content (AvgIpc) is 1.99. The Morgan fingerprint density at radius 1 is 1.92 bits per heavy atom. The Morgan fingerprint density at radius 2 is 2.54 bits per heavy atom. The molecule has 3 unspecified atom stereocenters. The van der Waals surface area contributed by atoms with Gasteiger partial charge < -0.3 is 0 Å².